The van der Waals surface area contributed by atoms with Crippen LogP contribution in [0.5, 0.6) is 0 Å². The van der Waals surface area contributed by atoms with E-state index < -0.39 is 5.92 Å². The molecule has 0 N–H and O–H groups in total. The number of aryl methyl sites for hydroxylation is 2. The highest BCUT2D eigenvalue weighted by Crippen LogP contribution is 2.36. The fourth-order valence-corrected chi connectivity index (χ4v) is 2.70. The summed E-state index contributed by atoms with van der Waals surface area (Å²) < 4.78 is 27.9. The van der Waals surface area contributed by atoms with Gasteiger partial charge in [-0.15, -0.1) is 0 Å². The van der Waals surface area contributed by atoms with Crippen molar-refractivity contribution in [1.29, 1.82) is 0 Å². The first kappa shape index (κ1) is 14.2. The van der Waals surface area contributed by atoms with Gasteiger partial charge in [0.1, 0.15) is 5.78 Å². The second kappa shape index (κ2) is 5.39. The van der Waals surface area contributed by atoms with E-state index in [-0.39, 0.29) is 24.5 Å². The lowest BCUT2D eigenvalue weighted by Crippen LogP contribution is -2.29. The summed E-state index contributed by atoms with van der Waals surface area (Å²) in [6, 6.07) is 1.90. The van der Waals surface area contributed by atoms with Crippen LogP contribution in [0.15, 0.2) is 6.07 Å². The van der Waals surface area contributed by atoms with Crippen molar-refractivity contribution in [3.63, 3.8) is 0 Å². The van der Waals surface area contributed by atoms with E-state index in [1.54, 1.807) is 0 Å². The normalized spacial score (nSPS) is 19.6. The van der Waals surface area contributed by atoms with Gasteiger partial charge in [0.25, 0.3) is 0 Å². The highest BCUT2D eigenvalue weighted by Gasteiger charge is 2.37. The molecule has 106 valence electrons. The molecule has 1 aromatic rings. The number of Topliss-reactive ketones (excluding diaryl/α,β-unsaturated/α-hetero) is 1. The predicted octanol–water partition coefficient (Wildman–Crippen LogP) is 3.15. The summed E-state index contributed by atoms with van der Waals surface area (Å²) in [4.78, 5) is 12.2. The summed E-state index contributed by atoms with van der Waals surface area (Å²) in [5.74, 6) is -2.70. The number of aromatic nitrogens is 2. The lowest BCUT2D eigenvalue weighted by molar-refractivity contribution is -0.126. The van der Waals surface area contributed by atoms with Gasteiger partial charge in [0.05, 0.1) is 5.69 Å². The third kappa shape index (κ3) is 3.39. The number of carbonyl (C=O) groups excluding carboxylic acids is 1. The predicted molar refractivity (Wildman–Crippen MR) is 68.3 cm³/mol. The van der Waals surface area contributed by atoms with Gasteiger partial charge >= 0.3 is 0 Å². The van der Waals surface area contributed by atoms with Crippen molar-refractivity contribution in [3.05, 3.63) is 17.5 Å². The minimum Gasteiger partial charge on any atom is -0.299 e. The quantitative estimate of drug-likeness (QED) is 0.842. The number of alkyl halides is 2. The third-order valence-corrected chi connectivity index (χ3v) is 3.81. The Morgan fingerprint density at radius 2 is 2.11 bits per heavy atom. The Hall–Kier alpha value is -1.26. The molecule has 0 spiro atoms. The molecule has 0 bridgehead atoms. The Labute approximate surface area is 112 Å². The lowest BCUT2D eigenvalue weighted by atomic mass is 9.83. The summed E-state index contributed by atoms with van der Waals surface area (Å²) in [7, 11) is 0. The second-order valence-corrected chi connectivity index (χ2v) is 5.37. The van der Waals surface area contributed by atoms with Crippen molar-refractivity contribution in [2.45, 2.75) is 58.4 Å². The Balaban J connectivity index is 1.98. The lowest BCUT2D eigenvalue weighted by Gasteiger charge is -2.27. The topological polar surface area (TPSA) is 34.9 Å². The average Bonchev–Trinajstić information content (AvgIpc) is 2.69. The molecule has 1 aliphatic carbocycles. The second-order valence-electron chi connectivity index (χ2n) is 5.37. The van der Waals surface area contributed by atoms with Gasteiger partial charge in [-0.05, 0) is 32.8 Å². The first-order valence-corrected chi connectivity index (χ1v) is 6.85. The van der Waals surface area contributed by atoms with E-state index in [1.165, 1.54) is 0 Å². The molecule has 1 fully saturated rings. The number of hydrogen-bond donors (Lipinski definition) is 0. The molecule has 0 aliphatic heterocycles. The van der Waals surface area contributed by atoms with Crippen molar-refractivity contribution in [1.82, 2.24) is 9.78 Å². The summed E-state index contributed by atoms with van der Waals surface area (Å²) in [5.41, 5.74) is 1.78. The van der Waals surface area contributed by atoms with E-state index in [0.29, 0.717) is 19.3 Å². The van der Waals surface area contributed by atoms with E-state index >= 15 is 0 Å². The number of hydrogen-bond acceptors (Lipinski definition) is 2. The van der Waals surface area contributed by atoms with Crippen molar-refractivity contribution >= 4 is 5.78 Å². The minimum absolute atomic E-state index is 0.0742. The molecule has 1 aliphatic rings. The molecule has 2 rings (SSSR count). The molecule has 0 saturated heterocycles. The fraction of sp³-hybridized carbons (Fsp3) is 0.714. The van der Waals surface area contributed by atoms with Gasteiger partial charge in [-0.3, -0.25) is 9.48 Å². The Morgan fingerprint density at radius 3 is 2.68 bits per heavy atom. The standard InChI is InChI=1S/C14H20F2N2O/c1-3-18-12(8-10(2)17-18)9-13(19)11-4-6-14(15,16)7-5-11/h8,11H,3-7,9H2,1-2H3. The maximum Gasteiger partial charge on any atom is 0.248 e. The number of ketones is 1. The van der Waals surface area contributed by atoms with Crippen molar-refractivity contribution in [3.8, 4) is 0 Å². The maximum absolute atomic E-state index is 13.1. The molecule has 1 heterocycles. The average molecular weight is 270 g/mol. The monoisotopic (exact) mass is 270 g/mol. The molecular formula is C14H20F2N2O. The molecular weight excluding hydrogens is 250 g/mol. The molecule has 0 aromatic carbocycles. The zero-order valence-electron chi connectivity index (χ0n) is 11.5. The first-order valence-electron chi connectivity index (χ1n) is 6.85. The van der Waals surface area contributed by atoms with E-state index in [1.807, 2.05) is 24.6 Å². The molecule has 1 aromatic heterocycles. The van der Waals surface area contributed by atoms with Crippen LogP contribution in [0, 0.1) is 12.8 Å². The van der Waals surface area contributed by atoms with Gasteiger partial charge in [0.2, 0.25) is 5.92 Å². The van der Waals surface area contributed by atoms with Crippen LogP contribution >= 0.6 is 0 Å². The van der Waals surface area contributed by atoms with Gasteiger partial charge in [0.15, 0.2) is 0 Å². The summed E-state index contributed by atoms with van der Waals surface area (Å²) in [6.45, 7) is 4.59. The van der Waals surface area contributed by atoms with Crippen LogP contribution in [0.2, 0.25) is 0 Å². The molecule has 1 saturated carbocycles. The maximum atomic E-state index is 13.1. The van der Waals surface area contributed by atoms with E-state index in [9.17, 15) is 13.6 Å². The van der Waals surface area contributed by atoms with Crippen molar-refractivity contribution in [2.75, 3.05) is 0 Å². The van der Waals surface area contributed by atoms with Crippen molar-refractivity contribution in [2.24, 2.45) is 5.92 Å². The van der Waals surface area contributed by atoms with Gasteiger partial charge in [0, 0.05) is 37.4 Å². The smallest absolute Gasteiger partial charge is 0.248 e. The van der Waals surface area contributed by atoms with Crippen LogP contribution in [0.25, 0.3) is 0 Å². The largest absolute Gasteiger partial charge is 0.299 e. The number of halogens is 2. The van der Waals surface area contributed by atoms with E-state index in [0.717, 1.165) is 17.9 Å². The number of nitrogens with zero attached hydrogens (tertiary/aromatic N) is 2. The molecule has 5 heteroatoms. The van der Waals surface area contributed by atoms with Crippen LogP contribution in [0.3, 0.4) is 0 Å². The molecule has 0 unspecified atom stereocenters. The first-order chi connectivity index (χ1) is 8.91. The molecule has 0 amide bonds. The Kier molecular flexibility index (Phi) is 4.02. The van der Waals surface area contributed by atoms with Crippen molar-refractivity contribution < 1.29 is 13.6 Å². The Bertz CT molecular complexity index is 458. The number of rotatable bonds is 4. The highest BCUT2D eigenvalue weighted by molar-refractivity contribution is 5.83. The summed E-state index contributed by atoms with van der Waals surface area (Å²) in [6.07, 6.45) is 0.617. The molecule has 0 radical (unpaired) electrons. The van der Waals surface area contributed by atoms with Gasteiger partial charge in [-0.2, -0.15) is 5.10 Å². The third-order valence-electron chi connectivity index (χ3n) is 3.81. The van der Waals surface area contributed by atoms with Crippen LogP contribution in [-0.2, 0) is 17.8 Å². The molecule has 19 heavy (non-hydrogen) atoms. The summed E-state index contributed by atoms with van der Waals surface area (Å²) >= 11 is 0. The van der Waals surface area contributed by atoms with Gasteiger partial charge in [-0.25, -0.2) is 8.78 Å². The van der Waals surface area contributed by atoms with Crippen LogP contribution in [0.4, 0.5) is 8.78 Å². The molecule has 3 nitrogen and oxygen atoms in total. The van der Waals surface area contributed by atoms with Gasteiger partial charge in [-0.1, -0.05) is 0 Å². The van der Waals surface area contributed by atoms with Gasteiger partial charge < -0.3 is 0 Å². The minimum atomic E-state index is -2.57. The van der Waals surface area contributed by atoms with Crippen LogP contribution in [-0.4, -0.2) is 21.5 Å². The van der Waals surface area contributed by atoms with E-state index in [4.69, 9.17) is 0 Å². The van der Waals surface area contributed by atoms with Crippen LogP contribution < -0.4 is 0 Å². The van der Waals surface area contributed by atoms with E-state index in [2.05, 4.69) is 5.10 Å². The zero-order chi connectivity index (χ0) is 14.0. The summed E-state index contributed by atoms with van der Waals surface area (Å²) in [5, 5.41) is 4.29. The highest BCUT2D eigenvalue weighted by atomic mass is 19.3. The van der Waals surface area contributed by atoms with Crippen LogP contribution in [0.1, 0.15) is 44.0 Å². The fourth-order valence-electron chi connectivity index (χ4n) is 2.70. The Morgan fingerprint density at radius 1 is 1.47 bits per heavy atom. The molecule has 0 atom stereocenters. The zero-order valence-corrected chi connectivity index (χ0v) is 11.5. The number of carbonyl (C=O) groups is 1. The SMILES string of the molecule is CCn1nc(C)cc1CC(=O)C1CCC(F)(F)CC1.